The number of thiophene rings is 1. The topological polar surface area (TPSA) is 24.9 Å². The van der Waals surface area contributed by atoms with Crippen molar-refractivity contribution in [1.82, 2.24) is 10.3 Å². The maximum atomic E-state index is 4.71. The van der Waals surface area contributed by atoms with Crippen LogP contribution >= 0.6 is 27.3 Å². The molecule has 0 fully saturated rings. The van der Waals surface area contributed by atoms with E-state index in [1.807, 2.05) is 6.20 Å². The van der Waals surface area contributed by atoms with E-state index in [4.69, 9.17) is 4.98 Å². The minimum Gasteiger partial charge on any atom is -0.309 e. The Hall–Kier alpha value is -0.710. The van der Waals surface area contributed by atoms with Crippen LogP contribution in [0.25, 0.3) is 0 Å². The van der Waals surface area contributed by atoms with Crippen molar-refractivity contribution in [1.29, 1.82) is 0 Å². The summed E-state index contributed by atoms with van der Waals surface area (Å²) in [6.45, 7) is 3.28. The minimum absolute atomic E-state index is 0.376. The number of halogens is 1. The minimum atomic E-state index is 0.376. The molecule has 0 radical (unpaired) electrons. The number of rotatable bonds is 5. The molecule has 1 aliphatic rings. The molecular formula is C17H21BrN2S. The van der Waals surface area contributed by atoms with Gasteiger partial charge in [-0.1, -0.05) is 13.0 Å². The van der Waals surface area contributed by atoms with E-state index in [-0.39, 0.29) is 0 Å². The highest BCUT2D eigenvalue weighted by Gasteiger charge is 2.30. The summed E-state index contributed by atoms with van der Waals surface area (Å²) in [5.41, 5.74) is 4.13. The number of hydrogen-bond donors (Lipinski definition) is 1. The van der Waals surface area contributed by atoms with Crippen LogP contribution in [0.3, 0.4) is 0 Å². The molecule has 0 aromatic carbocycles. The number of nitrogens with one attached hydrogen (secondary N) is 1. The lowest BCUT2D eigenvalue weighted by Crippen LogP contribution is -2.30. The monoisotopic (exact) mass is 364 g/mol. The summed E-state index contributed by atoms with van der Waals surface area (Å²) >= 11 is 5.37. The lowest BCUT2D eigenvalue weighted by atomic mass is 9.80. The molecule has 2 aromatic heterocycles. The van der Waals surface area contributed by atoms with Gasteiger partial charge in [0.2, 0.25) is 0 Å². The molecule has 21 heavy (non-hydrogen) atoms. The quantitative estimate of drug-likeness (QED) is 0.801. The molecular weight excluding hydrogens is 344 g/mol. The van der Waals surface area contributed by atoms with E-state index in [2.05, 4.69) is 51.7 Å². The number of nitrogens with zero attached hydrogens (tertiary/aromatic N) is 1. The van der Waals surface area contributed by atoms with Crippen LogP contribution in [0.15, 0.2) is 33.6 Å². The average Bonchev–Trinajstić information content (AvgIpc) is 2.94. The number of aromatic nitrogens is 1. The van der Waals surface area contributed by atoms with Gasteiger partial charge in [0, 0.05) is 23.9 Å². The zero-order valence-electron chi connectivity index (χ0n) is 12.3. The number of pyridine rings is 1. The Labute approximate surface area is 139 Å². The fourth-order valence-corrected chi connectivity index (χ4v) is 4.46. The van der Waals surface area contributed by atoms with Crippen molar-refractivity contribution in [2.24, 2.45) is 0 Å². The van der Waals surface area contributed by atoms with Crippen molar-refractivity contribution >= 4 is 27.3 Å². The third kappa shape index (κ3) is 3.38. The number of fused-ring (bicyclic) bond motifs is 1. The fourth-order valence-electron chi connectivity index (χ4n) is 3.25. The van der Waals surface area contributed by atoms with E-state index in [1.165, 1.54) is 39.9 Å². The Morgan fingerprint density at radius 2 is 2.43 bits per heavy atom. The summed E-state index contributed by atoms with van der Waals surface area (Å²) in [4.78, 5) is 4.71. The van der Waals surface area contributed by atoms with Crippen molar-refractivity contribution in [3.05, 3.63) is 50.4 Å². The highest BCUT2D eigenvalue weighted by molar-refractivity contribution is 9.11. The first-order chi connectivity index (χ1) is 10.3. The lowest BCUT2D eigenvalue weighted by molar-refractivity contribution is 0.395. The summed E-state index contributed by atoms with van der Waals surface area (Å²) in [5, 5.41) is 6.03. The van der Waals surface area contributed by atoms with E-state index in [0.717, 1.165) is 13.0 Å². The SMILES string of the molecule is CCCNC(c1csc(Br)c1)C1CCCc2cccnc21. The van der Waals surface area contributed by atoms with Crippen molar-refractivity contribution in [2.75, 3.05) is 6.54 Å². The summed E-state index contributed by atoms with van der Waals surface area (Å²) in [5.74, 6) is 0.489. The van der Waals surface area contributed by atoms with Crippen LogP contribution in [-0.4, -0.2) is 11.5 Å². The van der Waals surface area contributed by atoms with Crippen LogP contribution in [-0.2, 0) is 6.42 Å². The molecule has 0 bridgehead atoms. The summed E-state index contributed by atoms with van der Waals surface area (Å²) < 4.78 is 1.21. The maximum Gasteiger partial charge on any atom is 0.0701 e. The van der Waals surface area contributed by atoms with Gasteiger partial charge in [-0.25, -0.2) is 0 Å². The van der Waals surface area contributed by atoms with Crippen LogP contribution in [0.1, 0.15) is 55.0 Å². The zero-order chi connectivity index (χ0) is 14.7. The summed E-state index contributed by atoms with van der Waals surface area (Å²) in [6.07, 6.45) is 6.76. The zero-order valence-corrected chi connectivity index (χ0v) is 14.7. The molecule has 1 aliphatic carbocycles. The normalized spacial score (nSPS) is 19.2. The van der Waals surface area contributed by atoms with Gasteiger partial charge >= 0.3 is 0 Å². The highest BCUT2D eigenvalue weighted by atomic mass is 79.9. The van der Waals surface area contributed by atoms with Gasteiger partial charge in [-0.3, -0.25) is 4.98 Å². The second-order valence-electron chi connectivity index (χ2n) is 5.66. The fraction of sp³-hybridized carbons (Fsp3) is 0.471. The molecule has 112 valence electrons. The Kier molecular flexibility index (Phi) is 5.09. The second-order valence-corrected chi connectivity index (χ2v) is 7.95. The molecule has 3 rings (SSSR count). The molecule has 2 unspecified atom stereocenters. The van der Waals surface area contributed by atoms with Gasteiger partial charge in [0.25, 0.3) is 0 Å². The smallest absolute Gasteiger partial charge is 0.0701 e. The largest absolute Gasteiger partial charge is 0.309 e. The standard InChI is InChI=1S/C17H21BrN2S/c1-2-8-19-17(13-10-15(18)21-11-13)14-7-3-5-12-6-4-9-20-16(12)14/h4,6,9-11,14,17,19H,2-3,5,7-8H2,1H3. The molecule has 0 saturated heterocycles. The maximum absolute atomic E-state index is 4.71. The molecule has 0 saturated carbocycles. The van der Waals surface area contributed by atoms with Gasteiger partial charge < -0.3 is 5.32 Å². The average molecular weight is 365 g/mol. The molecule has 2 aromatic rings. The molecule has 0 amide bonds. The number of hydrogen-bond acceptors (Lipinski definition) is 3. The van der Waals surface area contributed by atoms with Crippen LogP contribution in [0.5, 0.6) is 0 Å². The number of aryl methyl sites for hydroxylation is 1. The first-order valence-corrected chi connectivity index (χ1v) is 9.38. The third-order valence-corrected chi connectivity index (χ3v) is 5.72. The van der Waals surface area contributed by atoms with Crippen molar-refractivity contribution in [3.8, 4) is 0 Å². The summed E-state index contributed by atoms with van der Waals surface area (Å²) in [7, 11) is 0. The Morgan fingerprint density at radius 1 is 1.52 bits per heavy atom. The van der Waals surface area contributed by atoms with Gasteiger partial charge in [-0.2, -0.15) is 0 Å². The van der Waals surface area contributed by atoms with Crippen LogP contribution in [0, 0.1) is 0 Å². The molecule has 2 heterocycles. The van der Waals surface area contributed by atoms with E-state index >= 15 is 0 Å². The lowest BCUT2D eigenvalue weighted by Gasteiger charge is -2.32. The van der Waals surface area contributed by atoms with Gasteiger partial charge in [0.05, 0.1) is 3.79 Å². The van der Waals surface area contributed by atoms with E-state index < -0.39 is 0 Å². The molecule has 2 atom stereocenters. The van der Waals surface area contributed by atoms with Crippen molar-refractivity contribution < 1.29 is 0 Å². The van der Waals surface area contributed by atoms with Crippen molar-refractivity contribution in [3.63, 3.8) is 0 Å². The molecule has 1 N–H and O–H groups in total. The molecule has 4 heteroatoms. The van der Waals surface area contributed by atoms with Crippen LogP contribution in [0.2, 0.25) is 0 Å². The van der Waals surface area contributed by atoms with E-state index in [1.54, 1.807) is 11.3 Å². The first-order valence-electron chi connectivity index (χ1n) is 7.70. The molecule has 0 spiro atoms. The first kappa shape index (κ1) is 15.2. The predicted octanol–water partition coefficient (Wildman–Crippen LogP) is 5.07. The highest BCUT2D eigenvalue weighted by Crippen LogP contribution is 2.40. The van der Waals surface area contributed by atoms with E-state index in [9.17, 15) is 0 Å². The second kappa shape index (κ2) is 7.03. The summed E-state index contributed by atoms with van der Waals surface area (Å²) in [6, 6.07) is 6.95. The van der Waals surface area contributed by atoms with Gasteiger partial charge in [0.1, 0.15) is 0 Å². The van der Waals surface area contributed by atoms with Crippen LogP contribution < -0.4 is 5.32 Å². The van der Waals surface area contributed by atoms with Gasteiger partial charge in [-0.15, -0.1) is 11.3 Å². The Bertz CT molecular complexity index is 596. The third-order valence-electron chi connectivity index (χ3n) is 4.20. The van der Waals surface area contributed by atoms with Crippen LogP contribution in [0.4, 0.5) is 0 Å². The van der Waals surface area contributed by atoms with E-state index in [0.29, 0.717) is 12.0 Å². The van der Waals surface area contributed by atoms with Gasteiger partial charge in [0.15, 0.2) is 0 Å². The van der Waals surface area contributed by atoms with Crippen molar-refractivity contribution in [2.45, 2.75) is 44.6 Å². The Balaban J connectivity index is 1.93. The molecule has 2 nitrogen and oxygen atoms in total. The predicted molar refractivity (Wildman–Crippen MR) is 93.0 cm³/mol. The van der Waals surface area contributed by atoms with Gasteiger partial charge in [-0.05, 0) is 76.8 Å². The Morgan fingerprint density at radius 3 is 3.19 bits per heavy atom. The molecule has 0 aliphatic heterocycles.